The molecule has 5 nitrogen and oxygen atoms in total. The minimum atomic E-state index is -0.451. The monoisotopic (exact) mass is 389 g/mol. The van der Waals surface area contributed by atoms with Gasteiger partial charge in [0.05, 0.1) is 47.6 Å². The molecule has 2 rings (SSSR count). The van der Waals surface area contributed by atoms with Crippen molar-refractivity contribution in [3.63, 3.8) is 0 Å². The maximum absolute atomic E-state index is 12.6. The van der Waals surface area contributed by atoms with Gasteiger partial charge in [0.25, 0.3) is 5.91 Å². The second-order valence-electron chi connectivity index (χ2n) is 4.61. The van der Waals surface area contributed by atoms with Gasteiger partial charge in [-0.3, -0.25) is 4.79 Å². The Kier molecular flexibility index (Phi) is 6.04. The maximum atomic E-state index is 12.6. The lowest BCUT2D eigenvalue weighted by molar-refractivity contribution is 0.102. The molecule has 1 amide bonds. The molecule has 0 saturated heterocycles. The van der Waals surface area contributed by atoms with Crippen LogP contribution in [0.2, 0.25) is 15.1 Å². The lowest BCUT2D eigenvalue weighted by atomic mass is 10.1. The summed E-state index contributed by atoms with van der Waals surface area (Å²) < 4.78 is 15.6. The first-order valence-electron chi connectivity index (χ1n) is 6.67. The Hall–Kier alpha value is -1.82. The number of hydrogen-bond acceptors (Lipinski definition) is 4. The first-order valence-corrected chi connectivity index (χ1v) is 7.80. The van der Waals surface area contributed by atoms with E-state index >= 15 is 0 Å². The summed E-state index contributed by atoms with van der Waals surface area (Å²) in [6.45, 7) is 0. The molecular weight excluding hydrogens is 377 g/mol. The van der Waals surface area contributed by atoms with Crippen molar-refractivity contribution in [2.24, 2.45) is 0 Å². The van der Waals surface area contributed by atoms with E-state index < -0.39 is 5.91 Å². The number of rotatable bonds is 5. The van der Waals surface area contributed by atoms with Crippen molar-refractivity contribution in [1.82, 2.24) is 0 Å². The number of benzene rings is 2. The highest BCUT2D eigenvalue weighted by Crippen LogP contribution is 2.36. The fraction of sp³-hybridized carbons (Fsp3) is 0.188. The average molecular weight is 391 g/mol. The van der Waals surface area contributed by atoms with E-state index in [-0.39, 0.29) is 15.6 Å². The molecule has 0 aliphatic carbocycles. The summed E-state index contributed by atoms with van der Waals surface area (Å²) in [7, 11) is 4.42. The van der Waals surface area contributed by atoms with Gasteiger partial charge in [-0.1, -0.05) is 34.8 Å². The van der Waals surface area contributed by atoms with Gasteiger partial charge in [-0.05, 0) is 12.1 Å². The molecule has 0 bridgehead atoms. The predicted molar refractivity (Wildman–Crippen MR) is 95.5 cm³/mol. The molecule has 2 aromatic carbocycles. The first kappa shape index (κ1) is 18.5. The van der Waals surface area contributed by atoms with Crippen molar-refractivity contribution in [1.29, 1.82) is 0 Å². The van der Waals surface area contributed by atoms with Crippen LogP contribution in [0.4, 0.5) is 5.69 Å². The number of carbonyl (C=O) groups is 1. The van der Waals surface area contributed by atoms with Crippen LogP contribution in [0.3, 0.4) is 0 Å². The van der Waals surface area contributed by atoms with Crippen LogP contribution >= 0.6 is 34.8 Å². The van der Waals surface area contributed by atoms with Gasteiger partial charge in [-0.2, -0.15) is 0 Å². The van der Waals surface area contributed by atoms with Crippen LogP contribution in [-0.2, 0) is 0 Å². The summed E-state index contributed by atoms with van der Waals surface area (Å²) in [6.07, 6.45) is 0. The van der Waals surface area contributed by atoms with E-state index in [4.69, 9.17) is 49.0 Å². The summed E-state index contributed by atoms with van der Waals surface area (Å²) >= 11 is 17.9. The third-order valence-electron chi connectivity index (χ3n) is 3.21. The molecule has 128 valence electrons. The molecule has 0 radical (unpaired) electrons. The summed E-state index contributed by atoms with van der Waals surface area (Å²) in [5.41, 5.74) is 0.574. The van der Waals surface area contributed by atoms with Crippen LogP contribution < -0.4 is 19.5 Å². The van der Waals surface area contributed by atoms with E-state index in [1.165, 1.54) is 39.5 Å². The number of nitrogens with one attached hydrogen (secondary N) is 1. The van der Waals surface area contributed by atoms with E-state index in [2.05, 4.69) is 5.32 Å². The number of carbonyl (C=O) groups excluding carboxylic acids is 1. The molecule has 0 heterocycles. The number of ether oxygens (including phenoxy) is 3. The summed E-state index contributed by atoms with van der Waals surface area (Å²) in [4.78, 5) is 12.6. The number of anilines is 1. The maximum Gasteiger partial charge on any atom is 0.259 e. The van der Waals surface area contributed by atoms with E-state index in [0.29, 0.717) is 28.0 Å². The number of halogens is 3. The van der Waals surface area contributed by atoms with Crippen LogP contribution in [0, 0.1) is 0 Å². The quantitative estimate of drug-likeness (QED) is 0.736. The second kappa shape index (κ2) is 7.83. The number of amides is 1. The number of methoxy groups -OCH3 is 3. The third-order valence-corrected chi connectivity index (χ3v) is 4.24. The van der Waals surface area contributed by atoms with Gasteiger partial charge in [0.1, 0.15) is 5.75 Å². The Morgan fingerprint density at radius 3 is 1.92 bits per heavy atom. The zero-order chi connectivity index (χ0) is 17.9. The van der Waals surface area contributed by atoms with Gasteiger partial charge >= 0.3 is 0 Å². The zero-order valence-electron chi connectivity index (χ0n) is 13.1. The summed E-state index contributed by atoms with van der Waals surface area (Å²) in [6, 6.07) is 5.99. The highest BCUT2D eigenvalue weighted by atomic mass is 35.5. The molecule has 0 aromatic heterocycles. The summed E-state index contributed by atoms with van der Waals surface area (Å²) in [5.74, 6) is 0.705. The lowest BCUT2D eigenvalue weighted by Crippen LogP contribution is -2.14. The average Bonchev–Trinajstić information content (AvgIpc) is 2.58. The van der Waals surface area contributed by atoms with Crippen molar-refractivity contribution in [3.05, 3.63) is 44.9 Å². The second-order valence-corrected chi connectivity index (χ2v) is 5.83. The normalized spacial score (nSPS) is 10.2. The Labute approximate surface area is 154 Å². The zero-order valence-corrected chi connectivity index (χ0v) is 15.3. The van der Waals surface area contributed by atoms with Gasteiger partial charge in [-0.15, -0.1) is 0 Å². The van der Waals surface area contributed by atoms with E-state index in [9.17, 15) is 4.79 Å². The van der Waals surface area contributed by atoms with Crippen molar-refractivity contribution in [2.45, 2.75) is 0 Å². The fourth-order valence-electron chi connectivity index (χ4n) is 2.01. The van der Waals surface area contributed by atoms with Crippen LogP contribution in [0.25, 0.3) is 0 Å². The topological polar surface area (TPSA) is 56.8 Å². The molecule has 0 unspecified atom stereocenters. The van der Waals surface area contributed by atoms with E-state index in [1.807, 2.05) is 0 Å². The Morgan fingerprint density at radius 2 is 1.33 bits per heavy atom. The van der Waals surface area contributed by atoms with Crippen molar-refractivity contribution in [2.75, 3.05) is 26.6 Å². The molecule has 0 fully saturated rings. The molecule has 0 aliphatic heterocycles. The van der Waals surface area contributed by atoms with Gasteiger partial charge in [-0.25, -0.2) is 0 Å². The molecule has 24 heavy (non-hydrogen) atoms. The van der Waals surface area contributed by atoms with Crippen LogP contribution in [-0.4, -0.2) is 27.2 Å². The smallest absolute Gasteiger partial charge is 0.259 e. The third kappa shape index (κ3) is 3.80. The molecule has 1 N–H and O–H groups in total. The largest absolute Gasteiger partial charge is 0.496 e. The summed E-state index contributed by atoms with van der Waals surface area (Å²) in [5, 5.41) is 3.50. The lowest BCUT2D eigenvalue weighted by Gasteiger charge is -2.14. The highest BCUT2D eigenvalue weighted by Gasteiger charge is 2.19. The van der Waals surface area contributed by atoms with Gasteiger partial charge in [0, 0.05) is 12.1 Å². The van der Waals surface area contributed by atoms with Crippen molar-refractivity contribution in [3.8, 4) is 17.2 Å². The minimum Gasteiger partial charge on any atom is -0.496 e. The Bertz CT molecular complexity index is 780. The predicted octanol–water partition coefficient (Wildman–Crippen LogP) is 4.92. The molecule has 0 spiro atoms. The molecule has 0 saturated carbocycles. The molecule has 0 aliphatic rings. The van der Waals surface area contributed by atoms with Crippen LogP contribution in [0.1, 0.15) is 10.4 Å². The van der Waals surface area contributed by atoms with Gasteiger partial charge in [0.15, 0.2) is 11.5 Å². The Morgan fingerprint density at radius 1 is 0.792 bits per heavy atom. The standard InChI is InChI=1S/C16H14Cl3NO4/c1-22-13-7-15(24-3)14(23-2)4-8(13)16(21)20-12-6-10(18)9(17)5-11(12)19/h4-7H,1-3H3,(H,20,21). The van der Waals surface area contributed by atoms with Crippen LogP contribution in [0.15, 0.2) is 24.3 Å². The van der Waals surface area contributed by atoms with Crippen molar-refractivity contribution < 1.29 is 19.0 Å². The molecule has 8 heteroatoms. The fourth-order valence-corrected chi connectivity index (χ4v) is 2.61. The van der Waals surface area contributed by atoms with Crippen LogP contribution in [0.5, 0.6) is 17.2 Å². The molecule has 0 atom stereocenters. The van der Waals surface area contributed by atoms with Gasteiger partial charge < -0.3 is 19.5 Å². The van der Waals surface area contributed by atoms with E-state index in [0.717, 1.165) is 0 Å². The SMILES string of the molecule is COc1cc(OC)c(C(=O)Nc2cc(Cl)c(Cl)cc2Cl)cc1OC. The van der Waals surface area contributed by atoms with Crippen molar-refractivity contribution >= 4 is 46.4 Å². The minimum absolute atomic E-state index is 0.247. The first-order chi connectivity index (χ1) is 11.4. The number of hydrogen-bond donors (Lipinski definition) is 1. The highest BCUT2D eigenvalue weighted by molar-refractivity contribution is 6.44. The Balaban J connectivity index is 2.41. The molecule has 2 aromatic rings. The van der Waals surface area contributed by atoms with E-state index in [1.54, 1.807) is 6.07 Å². The molecular formula is C16H14Cl3NO4. The van der Waals surface area contributed by atoms with Gasteiger partial charge in [0.2, 0.25) is 0 Å².